The predicted molar refractivity (Wildman–Crippen MR) is 62.9 cm³/mol. The van der Waals surface area contributed by atoms with Crippen LogP contribution in [0.5, 0.6) is 0 Å². The Morgan fingerprint density at radius 3 is 1.67 bits per heavy atom. The number of nitrogens with zero attached hydrogens (tertiary/aromatic N) is 4. The van der Waals surface area contributed by atoms with Crippen LogP contribution in [0.25, 0.3) is 0 Å². The van der Waals surface area contributed by atoms with Crippen molar-refractivity contribution < 1.29 is 0 Å². The molecule has 1 aliphatic rings. The fourth-order valence-corrected chi connectivity index (χ4v) is 1.35. The first-order chi connectivity index (χ1) is 7.09. The molecule has 1 aliphatic heterocycles. The maximum Gasteiger partial charge on any atom is 0.105 e. The van der Waals surface area contributed by atoms with Gasteiger partial charge in [-0.2, -0.15) is 0 Å². The predicted octanol–water partition coefficient (Wildman–Crippen LogP) is 0.592. The third-order valence-corrected chi connectivity index (χ3v) is 2.79. The largest absolute Gasteiger partial charge is 0.338 e. The minimum Gasteiger partial charge on any atom is -0.338 e. The second-order valence-corrected chi connectivity index (χ2v) is 4.19. The topological polar surface area (TPSA) is 24.3 Å². The highest BCUT2D eigenvalue weighted by atomic mass is 15.2. The van der Waals surface area contributed by atoms with Crippen molar-refractivity contribution in [3.8, 4) is 0 Å². The first-order valence-corrected chi connectivity index (χ1v) is 5.40. The Bertz CT molecular complexity index is 247. The number of aromatic nitrogens is 2. The van der Waals surface area contributed by atoms with Crippen molar-refractivity contribution in [2.24, 2.45) is 7.05 Å². The summed E-state index contributed by atoms with van der Waals surface area (Å²) in [6, 6.07) is 0. The lowest BCUT2D eigenvalue weighted by Gasteiger charge is -2.28. The van der Waals surface area contributed by atoms with E-state index in [1.807, 2.05) is 24.7 Å². The van der Waals surface area contributed by atoms with Gasteiger partial charge in [0.15, 0.2) is 0 Å². The van der Waals surface area contributed by atoms with Crippen molar-refractivity contribution in [2.45, 2.75) is 6.92 Å². The fraction of sp³-hybridized carbons (Fsp3) is 0.727. The summed E-state index contributed by atoms with van der Waals surface area (Å²) in [5, 5.41) is 0. The number of likely N-dealkylation sites (N-methyl/N-ethyl adjacent to an activating group) is 2. The van der Waals surface area contributed by atoms with E-state index in [9.17, 15) is 0 Å². The van der Waals surface area contributed by atoms with E-state index in [4.69, 9.17) is 0 Å². The maximum atomic E-state index is 3.98. The van der Waals surface area contributed by atoms with E-state index < -0.39 is 0 Å². The van der Waals surface area contributed by atoms with Gasteiger partial charge in [0.25, 0.3) is 0 Å². The average Bonchev–Trinajstić information content (AvgIpc) is 2.57. The molecule has 0 saturated carbocycles. The molecule has 1 fully saturated rings. The first kappa shape index (κ1) is 12.2. The van der Waals surface area contributed by atoms with Crippen molar-refractivity contribution in [1.82, 2.24) is 19.4 Å². The molecule has 0 N–H and O–H groups in total. The molecule has 15 heavy (non-hydrogen) atoms. The second kappa shape index (κ2) is 5.88. The van der Waals surface area contributed by atoms with Gasteiger partial charge in [0.2, 0.25) is 0 Å². The van der Waals surface area contributed by atoms with Gasteiger partial charge in [0, 0.05) is 45.6 Å². The van der Waals surface area contributed by atoms with E-state index >= 15 is 0 Å². The van der Waals surface area contributed by atoms with Gasteiger partial charge in [-0.3, -0.25) is 0 Å². The van der Waals surface area contributed by atoms with Crippen molar-refractivity contribution in [3.05, 3.63) is 18.2 Å². The molecule has 2 heterocycles. The Morgan fingerprint density at radius 2 is 1.47 bits per heavy atom. The van der Waals surface area contributed by atoms with E-state index in [0.29, 0.717) is 0 Å². The van der Waals surface area contributed by atoms with Crippen LogP contribution in [-0.4, -0.2) is 59.6 Å². The summed E-state index contributed by atoms with van der Waals surface area (Å²) in [5.74, 6) is 1.06. The van der Waals surface area contributed by atoms with Gasteiger partial charge in [-0.15, -0.1) is 0 Å². The highest BCUT2D eigenvalue weighted by Crippen LogP contribution is 1.93. The van der Waals surface area contributed by atoms with Gasteiger partial charge in [-0.25, -0.2) is 4.98 Å². The van der Waals surface area contributed by atoms with Gasteiger partial charge in [0.05, 0.1) is 0 Å². The number of imidazole rings is 1. The molecule has 0 spiro atoms. The van der Waals surface area contributed by atoms with Crippen LogP contribution in [0.3, 0.4) is 0 Å². The molecule has 0 bridgehead atoms. The molecule has 1 aromatic rings. The second-order valence-electron chi connectivity index (χ2n) is 4.19. The summed E-state index contributed by atoms with van der Waals surface area (Å²) >= 11 is 0. The van der Waals surface area contributed by atoms with E-state index in [1.54, 1.807) is 6.20 Å². The monoisotopic (exact) mass is 210 g/mol. The van der Waals surface area contributed by atoms with E-state index in [2.05, 4.69) is 28.9 Å². The van der Waals surface area contributed by atoms with Crippen LogP contribution in [-0.2, 0) is 7.05 Å². The number of hydrogen-bond donors (Lipinski definition) is 0. The molecule has 0 aromatic carbocycles. The molecular weight excluding hydrogens is 188 g/mol. The van der Waals surface area contributed by atoms with Gasteiger partial charge in [-0.05, 0) is 21.0 Å². The Morgan fingerprint density at radius 1 is 1.00 bits per heavy atom. The van der Waals surface area contributed by atoms with Crippen molar-refractivity contribution in [1.29, 1.82) is 0 Å². The molecule has 0 amide bonds. The Hall–Kier alpha value is -0.870. The minimum atomic E-state index is 1.06. The molecule has 0 unspecified atom stereocenters. The molecule has 0 aliphatic carbocycles. The van der Waals surface area contributed by atoms with E-state index in [0.717, 1.165) is 5.82 Å². The lowest BCUT2D eigenvalue weighted by atomic mass is 10.4. The Labute approximate surface area is 92.5 Å². The SMILES string of the molecule is CN1CCN(C)CC1.Cc1nccn1C. The van der Waals surface area contributed by atoms with Crippen LogP contribution >= 0.6 is 0 Å². The third kappa shape index (κ3) is 4.44. The minimum absolute atomic E-state index is 1.06. The molecule has 0 atom stereocenters. The Kier molecular flexibility index (Phi) is 4.78. The lowest BCUT2D eigenvalue weighted by molar-refractivity contribution is 0.181. The number of piperazine rings is 1. The Balaban J connectivity index is 0.000000151. The first-order valence-electron chi connectivity index (χ1n) is 5.40. The van der Waals surface area contributed by atoms with Crippen molar-refractivity contribution >= 4 is 0 Å². The molecule has 4 heteroatoms. The molecule has 86 valence electrons. The molecule has 1 aromatic heterocycles. The van der Waals surface area contributed by atoms with Crippen LogP contribution in [0.2, 0.25) is 0 Å². The van der Waals surface area contributed by atoms with Crippen molar-refractivity contribution in [2.75, 3.05) is 40.3 Å². The average molecular weight is 210 g/mol. The number of hydrogen-bond acceptors (Lipinski definition) is 3. The van der Waals surface area contributed by atoms with Gasteiger partial charge in [0.1, 0.15) is 5.82 Å². The highest BCUT2D eigenvalue weighted by Gasteiger charge is 2.07. The summed E-state index contributed by atoms with van der Waals surface area (Å²) in [6.07, 6.45) is 3.71. The number of aryl methyl sites for hydroxylation is 2. The van der Waals surface area contributed by atoms with Gasteiger partial charge < -0.3 is 14.4 Å². The van der Waals surface area contributed by atoms with Gasteiger partial charge >= 0.3 is 0 Å². The quantitative estimate of drug-likeness (QED) is 0.626. The maximum absolute atomic E-state index is 3.98. The highest BCUT2D eigenvalue weighted by molar-refractivity contribution is 4.85. The van der Waals surface area contributed by atoms with Crippen molar-refractivity contribution in [3.63, 3.8) is 0 Å². The molecular formula is C11H22N4. The zero-order valence-electron chi connectivity index (χ0n) is 10.3. The summed E-state index contributed by atoms with van der Waals surface area (Å²) in [5.41, 5.74) is 0. The molecule has 4 nitrogen and oxygen atoms in total. The van der Waals surface area contributed by atoms with Crippen LogP contribution < -0.4 is 0 Å². The van der Waals surface area contributed by atoms with Gasteiger partial charge in [-0.1, -0.05) is 0 Å². The fourth-order valence-electron chi connectivity index (χ4n) is 1.35. The van der Waals surface area contributed by atoms with Crippen LogP contribution in [0.15, 0.2) is 12.4 Å². The number of rotatable bonds is 0. The third-order valence-electron chi connectivity index (χ3n) is 2.79. The zero-order chi connectivity index (χ0) is 11.3. The van der Waals surface area contributed by atoms with E-state index in [-0.39, 0.29) is 0 Å². The normalized spacial score (nSPS) is 18.4. The van der Waals surface area contributed by atoms with Crippen LogP contribution in [0, 0.1) is 6.92 Å². The molecule has 0 radical (unpaired) electrons. The summed E-state index contributed by atoms with van der Waals surface area (Å²) in [4.78, 5) is 8.70. The van der Waals surface area contributed by atoms with Crippen LogP contribution in [0.4, 0.5) is 0 Å². The lowest BCUT2D eigenvalue weighted by Crippen LogP contribution is -2.42. The summed E-state index contributed by atoms with van der Waals surface area (Å²) in [7, 11) is 6.32. The van der Waals surface area contributed by atoms with E-state index in [1.165, 1.54) is 26.2 Å². The van der Waals surface area contributed by atoms with Crippen LogP contribution in [0.1, 0.15) is 5.82 Å². The smallest absolute Gasteiger partial charge is 0.105 e. The summed E-state index contributed by atoms with van der Waals surface area (Å²) in [6.45, 7) is 6.90. The molecule has 1 saturated heterocycles. The zero-order valence-corrected chi connectivity index (χ0v) is 10.3. The summed E-state index contributed by atoms with van der Waals surface area (Å²) < 4.78 is 1.97. The molecule has 2 rings (SSSR count). The standard InChI is InChI=1S/C6H14N2.C5H8N2/c1-7-3-5-8(2)6-4-7;1-5-6-3-4-7(5)2/h3-6H2,1-2H3;3-4H,1-2H3.